The van der Waals surface area contributed by atoms with E-state index in [-0.39, 0.29) is 0 Å². The lowest BCUT2D eigenvalue weighted by atomic mass is 10.3. The molecule has 15 heavy (non-hydrogen) atoms. The van der Waals surface area contributed by atoms with Crippen LogP contribution in [0.3, 0.4) is 0 Å². The molecule has 0 saturated carbocycles. The number of hydrogen-bond acceptors (Lipinski definition) is 3. The van der Waals surface area contributed by atoms with Crippen molar-refractivity contribution >= 4 is 11.8 Å². The van der Waals surface area contributed by atoms with Crippen molar-refractivity contribution in [2.45, 2.75) is 30.0 Å². The fraction of sp³-hybridized carbons (Fsp3) is 0.500. The third kappa shape index (κ3) is 3.43. The van der Waals surface area contributed by atoms with Crippen molar-refractivity contribution in [3.8, 4) is 5.75 Å². The molecule has 1 rings (SSSR count). The van der Waals surface area contributed by atoms with Gasteiger partial charge in [-0.2, -0.15) is 0 Å². The quantitative estimate of drug-likeness (QED) is 0.779. The van der Waals surface area contributed by atoms with Crippen molar-refractivity contribution in [1.82, 2.24) is 5.32 Å². The van der Waals surface area contributed by atoms with E-state index in [0.717, 1.165) is 5.75 Å². The average molecular weight is 225 g/mol. The van der Waals surface area contributed by atoms with Gasteiger partial charge in [-0.05, 0) is 26.1 Å². The van der Waals surface area contributed by atoms with Crippen molar-refractivity contribution in [3.05, 3.63) is 24.3 Å². The monoisotopic (exact) mass is 225 g/mol. The van der Waals surface area contributed by atoms with Gasteiger partial charge < -0.3 is 10.1 Å². The van der Waals surface area contributed by atoms with Crippen LogP contribution in [-0.2, 0) is 0 Å². The average Bonchev–Trinajstić information content (AvgIpc) is 2.28. The minimum Gasteiger partial charge on any atom is -0.496 e. The van der Waals surface area contributed by atoms with Crippen LogP contribution in [0.2, 0.25) is 0 Å². The van der Waals surface area contributed by atoms with Crippen LogP contribution in [0, 0.1) is 0 Å². The number of thioether (sulfide) groups is 1. The third-order valence-electron chi connectivity index (χ3n) is 2.54. The summed E-state index contributed by atoms with van der Waals surface area (Å²) in [5.41, 5.74) is 0. The van der Waals surface area contributed by atoms with Crippen molar-refractivity contribution in [3.63, 3.8) is 0 Å². The summed E-state index contributed by atoms with van der Waals surface area (Å²) in [6, 6.07) is 8.62. The predicted octanol–water partition coefficient (Wildman–Crippen LogP) is 2.78. The molecule has 0 aromatic heterocycles. The maximum absolute atomic E-state index is 5.32. The minimum absolute atomic E-state index is 0.486. The van der Waals surface area contributed by atoms with Crippen molar-refractivity contribution in [2.75, 3.05) is 14.2 Å². The van der Waals surface area contributed by atoms with Crippen LogP contribution in [0.15, 0.2) is 29.2 Å². The molecule has 0 aliphatic heterocycles. The summed E-state index contributed by atoms with van der Waals surface area (Å²) in [4.78, 5) is 1.20. The van der Waals surface area contributed by atoms with Crippen LogP contribution in [0.4, 0.5) is 0 Å². The number of hydrogen-bond donors (Lipinski definition) is 1. The van der Waals surface area contributed by atoms with Gasteiger partial charge in [0, 0.05) is 16.2 Å². The number of rotatable bonds is 5. The molecule has 0 amide bonds. The molecule has 84 valence electrons. The van der Waals surface area contributed by atoms with E-state index in [9.17, 15) is 0 Å². The molecule has 0 fully saturated rings. The zero-order valence-corrected chi connectivity index (χ0v) is 10.6. The van der Waals surface area contributed by atoms with Crippen LogP contribution in [-0.4, -0.2) is 25.4 Å². The van der Waals surface area contributed by atoms with Crippen LogP contribution in [0.5, 0.6) is 5.75 Å². The maximum atomic E-state index is 5.32. The standard InChI is InChI=1S/C12H19NOS/c1-9(13-3)10(2)15-12-8-6-5-7-11(12)14-4/h5-10,13H,1-4H3. The molecule has 1 aromatic rings. The van der Waals surface area contributed by atoms with Gasteiger partial charge in [-0.1, -0.05) is 19.1 Å². The Morgan fingerprint density at radius 3 is 2.53 bits per heavy atom. The summed E-state index contributed by atoms with van der Waals surface area (Å²) in [6.45, 7) is 4.41. The lowest BCUT2D eigenvalue weighted by Crippen LogP contribution is -2.30. The fourth-order valence-electron chi connectivity index (χ4n) is 1.25. The van der Waals surface area contributed by atoms with Crippen LogP contribution >= 0.6 is 11.8 Å². The minimum atomic E-state index is 0.486. The van der Waals surface area contributed by atoms with E-state index in [1.807, 2.05) is 37.0 Å². The van der Waals surface area contributed by atoms with Gasteiger partial charge in [-0.3, -0.25) is 0 Å². The highest BCUT2D eigenvalue weighted by Crippen LogP contribution is 2.32. The molecule has 0 aliphatic rings. The Hall–Kier alpha value is -0.670. The van der Waals surface area contributed by atoms with Gasteiger partial charge in [0.25, 0.3) is 0 Å². The normalized spacial score (nSPS) is 14.7. The number of benzene rings is 1. The Balaban J connectivity index is 2.71. The van der Waals surface area contributed by atoms with E-state index in [2.05, 4.69) is 25.2 Å². The summed E-state index contributed by atoms with van der Waals surface area (Å²) in [5, 5.41) is 3.78. The molecule has 0 heterocycles. The summed E-state index contributed by atoms with van der Waals surface area (Å²) in [6.07, 6.45) is 0. The van der Waals surface area contributed by atoms with Gasteiger partial charge in [0.15, 0.2) is 0 Å². The Labute approximate surface area is 96.4 Å². The summed E-state index contributed by atoms with van der Waals surface area (Å²) in [5.74, 6) is 0.956. The first-order chi connectivity index (χ1) is 7.19. The summed E-state index contributed by atoms with van der Waals surface area (Å²) < 4.78 is 5.32. The molecule has 2 unspecified atom stereocenters. The van der Waals surface area contributed by atoms with Gasteiger partial charge in [0.1, 0.15) is 5.75 Å². The van der Waals surface area contributed by atoms with E-state index in [1.165, 1.54) is 4.90 Å². The molecule has 0 radical (unpaired) electrons. The molecule has 0 bridgehead atoms. The smallest absolute Gasteiger partial charge is 0.132 e. The highest BCUT2D eigenvalue weighted by atomic mass is 32.2. The largest absolute Gasteiger partial charge is 0.496 e. The second-order valence-electron chi connectivity index (χ2n) is 3.55. The van der Waals surface area contributed by atoms with E-state index in [4.69, 9.17) is 4.74 Å². The first kappa shape index (κ1) is 12.4. The highest BCUT2D eigenvalue weighted by molar-refractivity contribution is 8.00. The number of ether oxygens (including phenoxy) is 1. The van der Waals surface area contributed by atoms with Gasteiger partial charge >= 0.3 is 0 Å². The van der Waals surface area contributed by atoms with Gasteiger partial charge in [-0.25, -0.2) is 0 Å². The maximum Gasteiger partial charge on any atom is 0.132 e. The van der Waals surface area contributed by atoms with E-state index >= 15 is 0 Å². The van der Waals surface area contributed by atoms with E-state index in [0.29, 0.717) is 11.3 Å². The molecular weight excluding hydrogens is 206 g/mol. The van der Waals surface area contributed by atoms with Gasteiger partial charge in [0.05, 0.1) is 7.11 Å². The second-order valence-corrected chi connectivity index (χ2v) is 4.97. The lowest BCUT2D eigenvalue weighted by molar-refractivity contribution is 0.404. The molecule has 1 aromatic carbocycles. The lowest BCUT2D eigenvalue weighted by Gasteiger charge is -2.19. The molecule has 0 saturated heterocycles. The first-order valence-corrected chi connectivity index (χ1v) is 6.04. The van der Waals surface area contributed by atoms with Crippen LogP contribution < -0.4 is 10.1 Å². The van der Waals surface area contributed by atoms with Gasteiger partial charge in [-0.15, -0.1) is 11.8 Å². The number of methoxy groups -OCH3 is 1. The highest BCUT2D eigenvalue weighted by Gasteiger charge is 2.13. The zero-order chi connectivity index (χ0) is 11.3. The number of nitrogens with one attached hydrogen (secondary N) is 1. The topological polar surface area (TPSA) is 21.3 Å². The molecular formula is C12H19NOS. The van der Waals surface area contributed by atoms with Crippen molar-refractivity contribution in [2.24, 2.45) is 0 Å². The summed E-state index contributed by atoms with van der Waals surface area (Å²) >= 11 is 1.84. The SMILES string of the molecule is CNC(C)C(C)Sc1ccccc1OC. The fourth-order valence-corrected chi connectivity index (χ4v) is 2.42. The third-order valence-corrected chi connectivity index (χ3v) is 3.91. The molecule has 2 atom stereocenters. The van der Waals surface area contributed by atoms with Crippen molar-refractivity contribution < 1.29 is 4.74 Å². The molecule has 0 spiro atoms. The molecule has 3 heteroatoms. The molecule has 0 aliphatic carbocycles. The Morgan fingerprint density at radius 2 is 1.93 bits per heavy atom. The predicted molar refractivity (Wildman–Crippen MR) is 66.8 cm³/mol. The first-order valence-electron chi connectivity index (χ1n) is 5.16. The molecule has 2 nitrogen and oxygen atoms in total. The Kier molecular flexibility index (Phi) is 4.99. The van der Waals surface area contributed by atoms with Crippen molar-refractivity contribution in [1.29, 1.82) is 0 Å². The van der Waals surface area contributed by atoms with Gasteiger partial charge in [0.2, 0.25) is 0 Å². The summed E-state index contributed by atoms with van der Waals surface area (Å²) in [7, 11) is 3.70. The second kappa shape index (κ2) is 6.03. The molecule has 1 N–H and O–H groups in total. The Bertz CT molecular complexity index is 303. The Morgan fingerprint density at radius 1 is 1.27 bits per heavy atom. The van der Waals surface area contributed by atoms with E-state index < -0.39 is 0 Å². The van der Waals surface area contributed by atoms with Crippen LogP contribution in [0.25, 0.3) is 0 Å². The van der Waals surface area contributed by atoms with E-state index in [1.54, 1.807) is 7.11 Å². The van der Waals surface area contributed by atoms with Crippen LogP contribution in [0.1, 0.15) is 13.8 Å². The zero-order valence-electron chi connectivity index (χ0n) is 9.78. The number of para-hydroxylation sites is 1.